The fourth-order valence-electron chi connectivity index (χ4n) is 2.22. The highest BCUT2D eigenvalue weighted by Gasteiger charge is 2.30. The Morgan fingerprint density at radius 1 is 1.30 bits per heavy atom. The molecule has 1 amide bonds. The summed E-state index contributed by atoms with van der Waals surface area (Å²) in [5, 5.41) is 2.75. The van der Waals surface area contributed by atoms with Gasteiger partial charge in [-0.2, -0.15) is 0 Å². The van der Waals surface area contributed by atoms with Crippen LogP contribution in [0, 0.1) is 0 Å². The van der Waals surface area contributed by atoms with Gasteiger partial charge in [-0.1, -0.05) is 30.3 Å². The van der Waals surface area contributed by atoms with Crippen molar-refractivity contribution in [3.8, 4) is 0 Å². The van der Waals surface area contributed by atoms with Crippen LogP contribution < -0.4 is 11.1 Å². The number of aryl methyl sites for hydroxylation is 1. The number of nitrogens with one attached hydrogen (secondary N) is 1. The molecule has 0 fully saturated rings. The number of benzene rings is 1. The number of carbonyl (C=O) groups excluding carboxylic acids is 2. The van der Waals surface area contributed by atoms with E-state index in [1.807, 2.05) is 18.2 Å². The van der Waals surface area contributed by atoms with Gasteiger partial charge in [0, 0.05) is 13.2 Å². The predicted octanol–water partition coefficient (Wildman–Crippen LogP) is 2.01. The largest absolute Gasteiger partial charge is 0.461 e. The number of carbonyl (C=O) groups is 2. The van der Waals surface area contributed by atoms with E-state index in [0.717, 1.165) is 0 Å². The smallest absolute Gasteiger partial charge is 0.355 e. The molecule has 2 aromatic rings. The molecule has 0 aliphatic carbocycles. The predicted molar refractivity (Wildman–Crippen MR) is 88.0 cm³/mol. The zero-order valence-corrected chi connectivity index (χ0v) is 13.5. The Labute approximate surface area is 135 Å². The Hall–Kier alpha value is -2.60. The van der Waals surface area contributed by atoms with Crippen molar-refractivity contribution in [2.24, 2.45) is 12.8 Å². The molecular weight excluding hydrogens is 294 g/mol. The van der Waals surface area contributed by atoms with Gasteiger partial charge in [-0.05, 0) is 25.5 Å². The lowest BCUT2D eigenvalue weighted by Gasteiger charge is -2.23. The molecule has 1 atom stereocenters. The Morgan fingerprint density at radius 3 is 2.57 bits per heavy atom. The SMILES string of the molecule is CCOC(=O)c1cc(NC(=O)C(C)(N)c2ccccc2)cn1C. The Balaban J connectivity index is 2.18. The third-order valence-corrected chi connectivity index (χ3v) is 3.59. The van der Waals surface area contributed by atoms with Crippen LogP contribution in [0.3, 0.4) is 0 Å². The van der Waals surface area contributed by atoms with Crippen molar-refractivity contribution in [1.82, 2.24) is 4.57 Å². The minimum absolute atomic E-state index is 0.292. The average molecular weight is 315 g/mol. The number of ether oxygens (including phenoxy) is 1. The second-order valence-corrected chi connectivity index (χ2v) is 5.47. The zero-order valence-electron chi connectivity index (χ0n) is 13.5. The van der Waals surface area contributed by atoms with Crippen molar-refractivity contribution < 1.29 is 14.3 Å². The molecule has 1 aromatic carbocycles. The summed E-state index contributed by atoms with van der Waals surface area (Å²) in [4.78, 5) is 24.3. The van der Waals surface area contributed by atoms with Crippen LogP contribution >= 0.6 is 0 Å². The first-order valence-electron chi connectivity index (χ1n) is 7.35. The van der Waals surface area contributed by atoms with E-state index in [4.69, 9.17) is 10.5 Å². The Kier molecular flexibility index (Phi) is 4.86. The van der Waals surface area contributed by atoms with Crippen LogP contribution in [0.5, 0.6) is 0 Å². The zero-order chi connectivity index (χ0) is 17.0. The van der Waals surface area contributed by atoms with Crippen LogP contribution in [0.4, 0.5) is 5.69 Å². The van der Waals surface area contributed by atoms with Crippen LogP contribution in [0.25, 0.3) is 0 Å². The van der Waals surface area contributed by atoms with E-state index in [-0.39, 0.29) is 5.91 Å². The highest BCUT2D eigenvalue weighted by Crippen LogP contribution is 2.21. The van der Waals surface area contributed by atoms with Gasteiger partial charge in [-0.25, -0.2) is 4.79 Å². The molecule has 0 aliphatic heterocycles. The number of nitrogens with zero attached hydrogens (tertiary/aromatic N) is 1. The van der Waals surface area contributed by atoms with Gasteiger partial charge >= 0.3 is 5.97 Å². The van der Waals surface area contributed by atoms with Crippen molar-refractivity contribution in [3.63, 3.8) is 0 Å². The lowest BCUT2D eigenvalue weighted by molar-refractivity contribution is -0.120. The summed E-state index contributed by atoms with van der Waals surface area (Å²) in [5.41, 5.74) is 6.55. The second-order valence-electron chi connectivity index (χ2n) is 5.47. The lowest BCUT2D eigenvalue weighted by Crippen LogP contribution is -2.45. The summed E-state index contributed by atoms with van der Waals surface area (Å²) in [7, 11) is 1.71. The van der Waals surface area contributed by atoms with E-state index in [0.29, 0.717) is 23.6 Å². The van der Waals surface area contributed by atoms with E-state index >= 15 is 0 Å². The second kappa shape index (κ2) is 6.66. The maximum Gasteiger partial charge on any atom is 0.355 e. The van der Waals surface area contributed by atoms with E-state index in [2.05, 4.69) is 5.32 Å². The van der Waals surface area contributed by atoms with Gasteiger partial charge in [-0.3, -0.25) is 4.79 Å². The third-order valence-electron chi connectivity index (χ3n) is 3.59. The molecule has 2 rings (SSSR count). The number of rotatable bonds is 5. The van der Waals surface area contributed by atoms with Gasteiger partial charge in [-0.15, -0.1) is 0 Å². The molecule has 6 heteroatoms. The van der Waals surface area contributed by atoms with Crippen LogP contribution in [-0.4, -0.2) is 23.1 Å². The summed E-state index contributed by atoms with van der Waals surface area (Å²) < 4.78 is 6.57. The number of hydrogen-bond donors (Lipinski definition) is 2. The third kappa shape index (κ3) is 3.60. The molecule has 0 bridgehead atoms. The van der Waals surface area contributed by atoms with E-state index in [9.17, 15) is 9.59 Å². The number of amides is 1. The molecule has 0 spiro atoms. The summed E-state index contributed by atoms with van der Waals surface area (Å²) in [6.45, 7) is 3.68. The number of hydrogen-bond acceptors (Lipinski definition) is 4. The molecule has 1 unspecified atom stereocenters. The highest BCUT2D eigenvalue weighted by molar-refractivity contribution is 5.99. The molecule has 1 aromatic heterocycles. The number of esters is 1. The maximum atomic E-state index is 12.5. The summed E-state index contributed by atoms with van der Waals surface area (Å²) >= 11 is 0. The van der Waals surface area contributed by atoms with Gasteiger partial charge in [0.25, 0.3) is 0 Å². The fraction of sp³-hybridized carbons (Fsp3) is 0.294. The minimum atomic E-state index is -1.18. The Morgan fingerprint density at radius 2 is 1.96 bits per heavy atom. The standard InChI is InChI=1S/C17H21N3O3/c1-4-23-15(21)14-10-13(11-20(14)3)19-16(22)17(2,18)12-8-6-5-7-9-12/h5-11H,4,18H2,1-3H3,(H,19,22). The van der Waals surface area contributed by atoms with Crippen LogP contribution in [-0.2, 0) is 22.1 Å². The summed E-state index contributed by atoms with van der Waals surface area (Å²) in [6, 6.07) is 10.7. The number of anilines is 1. The Bertz CT molecular complexity index is 705. The normalized spacial score (nSPS) is 13.2. The lowest BCUT2D eigenvalue weighted by atomic mass is 9.92. The van der Waals surface area contributed by atoms with Crippen molar-refractivity contribution in [2.75, 3.05) is 11.9 Å². The van der Waals surface area contributed by atoms with E-state index < -0.39 is 11.5 Å². The van der Waals surface area contributed by atoms with E-state index in [1.54, 1.807) is 49.9 Å². The molecular formula is C17H21N3O3. The van der Waals surface area contributed by atoms with Crippen molar-refractivity contribution in [3.05, 3.63) is 53.9 Å². The first-order valence-corrected chi connectivity index (χ1v) is 7.35. The number of aromatic nitrogens is 1. The van der Waals surface area contributed by atoms with Crippen LogP contribution in [0.15, 0.2) is 42.6 Å². The molecule has 1 heterocycles. The van der Waals surface area contributed by atoms with E-state index in [1.165, 1.54) is 0 Å². The van der Waals surface area contributed by atoms with Crippen molar-refractivity contribution >= 4 is 17.6 Å². The molecule has 0 radical (unpaired) electrons. The van der Waals surface area contributed by atoms with Gasteiger partial charge in [0.1, 0.15) is 11.2 Å². The van der Waals surface area contributed by atoms with Gasteiger partial charge in [0.15, 0.2) is 0 Å². The molecule has 23 heavy (non-hydrogen) atoms. The summed E-state index contributed by atoms with van der Waals surface area (Å²) in [5.74, 6) is -0.793. The quantitative estimate of drug-likeness (QED) is 0.826. The first kappa shape index (κ1) is 16.8. The van der Waals surface area contributed by atoms with Crippen molar-refractivity contribution in [2.45, 2.75) is 19.4 Å². The van der Waals surface area contributed by atoms with Crippen molar-refractivity contribution in [1.29, 1.82) is 0 Å². The molecule has 122 valence electrons. The minimum Gasteiger partial charge on any atom is -0.461 e. The topological polar surface area (TPSA) is 86.3 Å². The molecule has 0 aliphatic rings. The molecule has 0 saturated carbocycles. The molecule has 6 nitrogen and oxygen atoms in total. The van der Waals surface area contributed by atoms with Crippen LogP contribution in [0.1, 0.15) is 29.9 Å². The average Bonchev–Trinajstić information content (AvgIpc) is 2.89. The fourth-order valence-corrected chi connectivity index (χ4v) is 2.22. The van der Waals surface area contributed by atoms with Crippen LogP contribution in [0.2, 0.25) is 0 Å². The molecule has 3 N–H and O–H groups in total. The number of nitrogens with two attached hydrogens (primary N) is 1. The maximum absolute atomic E-state index is 12.5. The van der Waals surface area contributed by atoms with Gasteiger partial charge in [0.2, 0.25) is 5.91 Å². The van der Waals surface area contributed by atoms with Gasteiger partial charge in [0.05, 0.1) is 12.3 Å². The first-order chi connectivity index (χ1) is 10.9. The summed E-state index contributed by atoms with van der Waals surface area (Å²) in [6.07, 6.45) is 1.64. The highest BCUT2D eigenvalue weighted by atomic mass is 16.5. The molecule has 0 saturated heterocycles. The monoisotopic (exact) mass is 315 g/mol. The van der Waals surface area contributed by atoms with Gasteiger partial charge < -0.3 is 20.4 Å².